The lowest BCUT2D eigenvalue weighted by atomic mass is 10.1. The van der Waals surface area contributed by atoms with E-state index in [1.54, 1.807) is 0 Å². The van der Waals surface area contributed by atoms with E-state index in [9.17, 15) is 4.79 Å². The van der Waals surface area contributed by atoms with Crippen LogP contribution in [0.2, 0.25) is 0 Å². The summed E-state index contributed by atoms with van der Waals surface area (Å²) in [5, 5.41) is 3.40. The lowest BCUT2D eigenvalue weighted by molar-refractivity contribution is -0.147. The lowest BCUT2D eigenvalue weighted by Crippen LogP contribution is -2.29. The third-order valence-electron chi connectivity index (χ3n) is 2.97. The second-order valence-electron chi connectivity index (χ2n) is 4.65. The number of rotatable bonds is 6. The molecule has 0 aliphatic carbocycles. The first-order chi connectivity index (χ1) is 8.45. The molecular weight excluding hydrogens is 246 g/mol. The van der Waals surface area contributed by atoms with E-state index in [4.69, 9.17) is 4.74 Å². The van der Waals surface area contributed by atoms with Crippen molar-refractivity contribution in [2.45, 2.75) is 40.7 Å². The number of esters is 1. The van der Waals surface area contributed by atoms with E-state index in [2.05, 4.69) is 32.2 Å². The molecule has 0 amide bonds. The second-order valence-corrected chi connectivity index (χ2v) is 6.11. The summed E-state index contributed by atoms with van der Waals surface area (Å²) in [6.45, 7) is 11.2. The minimum atomic E-state index is -0.129. The summed E-state index contributed by atoms with van der Waals surface area (Å²) in [6.07, 6.45) is 0. The molecule has 2 unspecified atom stereocenters. The molecule has 0 saturated heterocycles. The van der Waals surface area contributed by atoms with Gasteiger partial charge in [-0.25, -0.2) is 0 Å². The minimum absolute atomic E-state index is 0.104. The highest BCUT2D eigenvalue weighted by atomic mass is 32.1. The van der Waals surface area contributed by atoms with Gasteiger partial charge >= 0.3 is 5.97 Å². The van der Waals surface area contributed by atoms with Gasteiger partial charge in [-0.3, -0.25) is 4.79 Å². The maximum atomic E-state index is 11.5. The van der Waals surface area contributed by atoms with Crippen LogP contribution in [-0.4, -0.2) is 19.1 Å². The summed E-state index contributed by atoms with van der Waals surface area (Å²) >= 11 is 1.81. The van der Waals surface area contributed by atoms with Crippen molar-refractivity contribution in [3.05, 3.63) is 21.4 Å². The summed E-state index contributed by atoms with van der Waals surface area (Å²) in [6, 6.07) is 2.49. The van der Waals surface area contributed by atoms with Gasteiger partial charge in [-0.1, -0.05) is 6.92 Å². The molecule has 0 fully saturated rings. The molecule has 0 saturated carbocycles. The van der Waals surface area contributed by atoms with Gasteiger partial charge in [-0.05, 0) is 39.3 Å². The highest BCUT2D eigenvalue weighted by Crippen LogP contribution is 2.26. The fourth-order valence-corrected chi connectivity index (χ4v) is 2.93. The van der Waals surface area contributed by atoms with Crippen LogP contribution in [0.5, 0.6) is 0 Å². The molecule has 0 spiro atoms. The SMILES string of the molecule is CCOC(=O)C(C)CNC(C)c1cc(C)sc1C. The van der Waals surface area contributed by atoms with Crippen LogP contribution in [0.15, 0.2) is 6.07 Å². The summed E-state index contributed by atoms with van der Waals surface area (Å²) in [4.78, 5) is 14.2. The van der Waals surface area contributed by atoms with Gasteiger partial charge in [-0.2, -0.15) is 0 Å². The van der Waals surface area contributed by atoms with Gasteiger partial charge in [0.05, 0.1) is 12.5 Å². The Kier molecular flexibility index (Phi) is 5.82. The maximum absolute atomic E-state index is 11.5. The van der Waals surface area contributed by atoms with E-state index in [0.717, 1.165) is 0 Å². The molecule has 1 aromatic heterocycles. The number of nitrogens with one attached hydrogen (secondary N) is 1. The Labute approximate surface area is 114 Å². The first-order valence-electron chi connectivity index (χ1n) is 6.42. The van der Waals surface area contributed by atoms with Gasteiger partial charge in [-0.15, -0.1) is 11.3 Å². The standard InChI is InChI=1S/C14H23NO2S/c1-6-17-14(16)9(2)8-15-11(4)13-7-10(3)18-12(13)5/h7,9,11,15H,6,8H2,1-5H3. The van der Waals surface area contributed by atoms with E-state index in [-0.39, 0.29) is 17.9 Å². The maximum Gasteiger partial charge on any atom is 0.309 e. The number of carbonyl (C=O) groups is 1. The third kappa shape index (κ3) is 4.10. The smallest absolute Gasteiger partial charge is 0.309 e. The molecule has 0 aromatic carbocycles. The van der Waals surface area contributed by atoms with Crippen molar-refractivity contribution >= 4 is 17.3 Å². The van der Waals surface area contributed by atoms with Gasteiger partial charge in [0.25, 0.3) is 0 Å². The fraction of sp³-hybridized carbons (Fsp3) is 0.643. The molecule has 1 N–H and O–H groups in total. The zero-order chi connectivity index (χ0) is 13.7. The van der Waals surface area contributed by atoms with Crippen LogP contribution < -0.4 is 5.32 Å². The normalized spacial score (nSPS) is 14.3. The Morgan fingerprint density at radius 3 is 2.61 bits per heavy atom. The van der Waals surface area contributed by atoms with Crippen LogP contribution in [0, 0.1) is 19.8 Å². The van der Waals surface area contributed by atoms with Crippen molar-refractivity contribution in [3.63, 3.8) is 0 Å². The molecule has 4 heteroatoms. The molecule has 3 nitrogen and oxygen atoms in total. The molecule has 0 aliphatic rings. The average molecular weight is 269 g/mol. The van der Waals surface area contributed by atoms with Crippen LogP contribution in [0.1, 0.15) is 42.1 Å². The molecule has 0 bridgehead atoms. The van der Waals surface area contributed by atoms with Crippen molar-refractivity contribution in [3.8, 4) is 0 Å². The summed E-state index contributed by atoms with van der Waals surface area (Å²) < 4.78 is 4.99. The Balaban J connectivity index is 2.48. The molecule has 1 rings (SSSR count). The molecule has 1 heterocycles. The highest BCUT2D eigenvalue weighted by Gasteiger charge is 2.16. The van der Waals surface area contributed by atoms with Gasteiger partial charge in [0, 0.05) is 22.3 Å². The molecular formula is C14H23NO2S. The Hall–Kier alpha value is -0.870. The monoisotopic (exact) mass is 269 g/mol. The second kappa shape index (κ2) is 6.90. The first-order valence-corrected chi connectivity index (χ1v) is 7.24. The van der Waals surface area contributed by atoms with E-state index < -0.39 is 0 Å². The predicted molar refractivity (Wildman–Crippen MR) is 76.0 cm³/mol. The van der Waals surface area contributed by atoms with Crippen molar-refractivity contribution in [1.82, 2.24) is 5.32 Å². The number of carbonyl (C=O) groups excluding carboxylic acids is 1. The Morgan fingerprint density at radius 1 is 1.44 bits per heavy atom. The summed E-state index contributed by atoms with van der Waals surface area (Å²) in [5.74, 6) is -0.233. The van der Waals surface area contributed by atoms with E-state index >= 15 is 0 Å². The number of hydrogen-bond donors (Lipinski definition) is 1. The van der Waals surface area contributed by atoms with Crippen molar-refractivity contribution in [1.29, 1.82) is 0 Å². The van der Waals surface area contributed by atoms with Gasteiger partial charge in [0.15, 0.2) is 0 Å². The van der Waals surface area contributed by atoms with Crippen molar-refractivity contribution in [2.24, 2.45) is 5.92 Å². The molecule has 1 aromatic rings. The summed E-state index contributed by atoms with van der Waals surface area (Å²) in [7, 11) is 0. The van der Waals surface area contributed by atoms with Crippen LogP contribution in [0.25, 0.3) is 0 Å². The Morgan fingerprint density at radius 2 is 2.11 bits per heavy atom. The Bertz CT molecular complexity index is 400. The molecule has 0 aliphatic heterocycles. The number of hydrogen-bond acceptors (Lipinski definition) is 4. The van der Waals surface area contributed by atoms with E-state index in [0.29, 0.717) is 13.2 Å². The number of thiophene rings is 1. The average Bonchev–Trinajstić information content (AvgIpc) is 2.65. The largest absolute Gasteiger partial charge is 0.466 e. The quantitative estimate of drug-likeness (QED) is 0.806. The number of aryl methyl sites for hydroxylation is 2. The van der Waals surface area contributed by atoms with Crippen LogP contribution in [0.3, 0.4) is 0 Å². The van der Waals surface area contributed by atoms with E-state index in [1.165, 1.54) is 15.3 Å². The van der Waals surface area contributed by atoms with Gasteiger partial charge < -0.3 is 10.1 Å². The van der Waals surface area contributed by atoms with Crippen molar-refractivity contribution in [2.75, 3.05) is 13.2 Å². The predicted octanol–water partition coefficient (Wildman–Crippen LogP) is 3.21. The molecule has 102 valence electrons. The molecule has 18 heavy (non-hydrogen) atoms. The van der Waals surface area contributed by atoms with Crippen molar-refractivity contribution < 1.29 is 9.53 Å². The minimum Gasteiger partial charge on any atom is -0.466 e. The van der Waals surface area contributed by atoms with Gasteiger partial charge in [0.1, 0.15) is 0 Å². The fourth-order valence-electron chi connectivity index (χ4n) is 1.91. The highest BCUT2D eigenvalue weighted by molar-refractivity contribution is 7.12. The molecule has 0 radical (unpaired) electrons. The first kappa shape index (κ1) is 15.2. The van der Waals surface area contributed by atoms with Crippen LogP contribution in [0.4, 0.5) is 0 Å². The van der Waals surface area contributed by atoms with Crippen LogP contribution in [-0.2, 0) is 9.53 Å². The number of ether oxygens (including phenoxy) is 1. The zero-order valence-electron chi connectivity index (χ0n) is 11.9. The summed E-state index contributed by atoms with van der Waals surface area (Å²) in [5.41, 5.74) is 1.33. The topological polar surface area (TPSA) is 38.3 Å². The van der Waals surface area contributed by atoms with Crippen LogP contribution >= 0.6 is 11.3 Å². The van der Waals surface area contributed by atoms with Gasteiger partial charge in [0.2, 0.25) is 0 Å². The van der Waals surface area contributed by atoms with E-state index in [1.807, 2.05) is 25.2 Å². The molecule has 2 atom stereocenters. The lowest BCUT2D eigenvalue weighted by Gasteiger charge is -2.17. The zero-order valence-corrected chi connectivity index (χ0v) is 12.7. The third-order valence-corrected chi connectivity index (χ3v) is 3.95.